The second kappa shape index (κ2) is 3.69. The number of nitrogens with one attached hydrogen (secondary N) is 1. The third kappa shape index (κ3) is 1.43. The molecule has 78 valence electrons. The molecular formula is C10H18N4. The molecule has 0 amide bonds. The molecule has 1 heterocycles. The Kier molecular flexibility index (Phi) is 2.54. The number of nitrogens with zero attached hydrogens (tertiary/aromatic N) is 3. The number of aromatic nitrogens is 3. The monoisotopic (exact) mass is 194 g/mol. The fourth-order valence-corrected chi connectivity index (χ4v) is 2.19. The molecule has 4 nitrogen and oxygen atoms in total. The second-order valence-corrected chi connectivity index (χ2v) is 4.25. The zero-order chi connectivity index (χ0) is 10.1. The minimum atomic E-state index is 0.430. The highest BCUT2D eigenvalue weighted by molar-refractivity contribution is 5.22. The Labute approximate surface area is 84.7 Å². The first kappa shape index (κ1) is 9.65. The van der Waals surface area contributed by atoms with Crippen LogP contribution in [-0.2, 0) is 6.42 Å². The van der Waals surface area contributed by atoms with Crippen LogP contribution < -0.4 is 5.32 Å². The van der Waals surface area contributed by atoms with Crippen LogP contribution >= 0.6 is 0 Å². The summed E-state index contributed by atoms with van der Waals surface area (Å²) in [6, 6.07) is 0.430. The van der Waals surface area contributed by atoms with E-state index in [9.17, 15) is 0 Å². The highest BCUT2D eigenvalue weighted by Gasteiger charge is 2.28. The molecule has 0 radical (unpaired) electrons. The van der Waals surface area contributed by atoms with E-state index in [0.717, 1.165) is 13.0 Å². The summed E-state index contributed by atoms with van der Waals surface area (Å²) in [5, 5.41) is 11.7. The maximum atomic E-state index is 4.29. The summed E-state index contributed by atoms with van der Waals surface area (Å²) < 4.78 is 2.06. The van der Waals surface area contributed by atoms with Gasteiger partial charge in [0.2, 0.25) is 0 Å². The molecule has 14 heavy (non-hydrogen) atoms. The van der Waals surface area contributed by atoms with Crippen molar-refractivity contribution in [3.8, 4) is 0 Å². The van der Waals surface area contributed by atoms with E-state index in [-0.39, 0.29) is 0 Å². The van der Waals surface area contributed by atoms with Crippen LogP contribution in [0.25, 0.3) is 0 Å². The van der Waals surface area contributed by atoms with Crippen LogP contribution in [0, 0.1) is 0 Å². The lowest BCUT2D eigenvalue weighted by molar-refractivity contribution is 0.487. The minimum Gasteiger partial charge on any atom is -0.319 e. The average Bonchev–Trinajstić information content (AvgIpc) is 2.67. The van der Waals surface area contributed by atoms with E-state index in [0.29, 0.717) is 12.0 Å². The molecule has 1 aliphatic carbocycles. The van der Waals surface area contributed by atoms with Gasteiger partial charge in [-0.05, 0) is 33.7 Å². The van der Waals surface area contributed by atoms with Crippen LogP contribution in [0.15, 0.2) is 0 Å². The zero-order valence-corrected chi connectivity index (χ0v) is 9.12. The van der Waals surface area contributed by atoms with E-state index in [1.807, 2.05) is 7.05 Å². The minimum absolute atomic E-state index is 0.430. The van der Waals surface area contributed by atoms with Crippen LogP contribution in [-0.4, -0.2) is 28.6 Å². The van der Waals surface area contributed by atoms with Crippen LogP contribution in [0.5, 0.6) is 0 Å². The molecule has 0 saturated carbocycles. The molecule has 1 aromatic heterocycles. The van der Waals surface area contributed by atoms with Crippen molar-refractivity contribution in [2.45, 2.75) is 38.6 Å². The number of hydrogen-bond donors (Lipinski definition) is 1. The standard InChI is InChI=1S/C10H18N4/c1-7(2)14-9-5-4-8(6-11-3)10(9)12-13-14/h7-8,11H,4-6H2,1-3H3. The maximum Gasteiger partial charge on any atom is 0.0902 e. The molecular weight excluding hydrogens is 176 g/mol. The first-order valence-electron chi connectivity index (χ1n) is 5.32. The molecule has 4 heteroatoms. The molecule has 1 atom stereocenters. The summed E-state index contributed by atoms with van der Waals surface area (Å²) in [7, 11) is 1.99. The molecule has 1 aromatic rings. The molecule has 0 aliphatic heterocycles. The Bertz CT molecular complexity index is 316. The Hall–Kier alpha value is -0.900. The fraction of sp³-hybridized carbons (Fsp3) is 0.800. The van der Waals surface area contributed by atoms with Gasteiger partial charge in [-0.25, -0.2) is 4.68 Å². The van der Waals surface area contributed by atoms with Crippen LogP contribution in [0.3, 0.4) is 0 Å². The summed E-state index contributed by atoms with van der Waals surface area (Å²) >= 11 is 0. The molecule has 0 saturated heterocycles. The van der Waals surface area contributed by atoms with Gasteiger partial charge in [-0.15, -0.1) is 5.10 Å². The zero-order valence-electron chi connectivity index (χ0n) is 9.12. The fourth-order valence-electron chi connectivity index (χ4n) is 2.19. The molecule has 1 aliphatic rings. The van der Waals surface area contributed by atoms with Crippen molar-refractivity contribution in [1.29, 1.82) is 0 Å². The Balaban J connectivity index is 2.25. The largest absolute Gasteiger partial charge is 0.319 e. The number of hydrogen-bond acceptors (Lipinski definition) is 3. The van der Waals surface area contributed by atoms with Gasteiger partial charge in [-0.1, -0.05) is 5.21 Å². The van der Waals surface area contributed by atoms with Gasteiger partial charge in [0.05, 0.1) is 11.4 Å². The molecule has 0 spiro atoms. The Morgan fingerprint density at radius 2 is 2.36 bits per heavy atom. The summed E-state index contributed by atoms with van der Waals surface area (Å²) in [6.07, 6.45) is 2.35. The van der Waals surface area contributed by atoms with E-state index in [1.165, 1.54) is 17.8 Å². The Morgan fingerprint density at radius 1 is 1.57 bits per heavy atom. The van der Waals surface area contributed by atoms with Crippen LogP contribution in [0.2, 0.25) is 0 Å². The van der Waals surface area contributed by atoms with Crippen molar-refractivity contribution in [3.05, 3.63) is 11.4 Å². The van der Waals surface area contributed by atoms with Crippen LogP contribution in [0.1, 0.15) is 43.6 Å². The van der Waals surface area contributed by atoms with E-state index in [4.69, 9.17) is 0 Å². The van der Waals surface area contributed by atoms with E-state index >= 15 is 0 Å². The average molecular weight is 194 g/mol. The van der Waals surface area contributed by atoms with Gasteiger partial charge < -0.3 is 5.32 Å². The summed E-state index contributed by atoms with van der Waals surface area (Å²) in [5.74, 6) is 0.572. The second-order valence-electron chi connectivity index (χ2n) is 4.25. The summed E-state index contributed by atoms with van der Waals surface area (Å²) in [4.78, 5) is 0. The molecule has 0 aromatic carbocycles. The summed E-state index contributed by atoms with van der Waals surface area (Å²) in [5.41, 5.74) is 2.56. The highest BCUT2D eigenvalue weighted by Crippen LogP contribution is 2.31. The summed E-state index contributed by atoms with van der Waals surface area (Å²) in [6.45, 7) is 5.32. The highest BCUT2D eigenvalue weighted by atomic mass is 15.4. The normalized spacial score (nSPS) is 20.4. The van der Waals surface area contributed by atoms with Gasteiger partial charge in [0.1, 0.15) is 0 Å². The van der Waals surface area contributed by atoms with E-state index < -0.39 is 0 Å². The van der Waals surface area contributed by atoms with Gasteiger partial charge in [-0.2, -0.15) is 0 Å². The molecule has 0 bridgehead atoms. The van der Waals surface area contributed by atoms with Gasteiger partial charge in [-0.3, -0.25) is 0 Å². The first-order valence-corrected chi connectivity index (χ1v) is 5.32. The lowest BCUT2D eigenvalue weighted by Gasteiger charge is -2.06. The molecule has 1 unspecified atom stereocenters. The molecule has 1 N–H and O–H groups in total. The Morgan fingerprint density at radius 3 is 3.00 bits per heavy atom. The van der Waals surface area contributed by atoms with E-state index in [2.05, 4.69) is 34.2 Å². The third-order valence-electron chi connectivity index (χ3n) is 2.88. The maximum absolute atomic E-state index is 4.29. The lowest BCUT2D eigenvalue weighted by atomic mass is 10.1. The smallest absolute Gasteiger partial charge is 0.0902 e. The van der Waals surface area contributed by atoms with Gasteiger partial charge >= 0.3 is 0 Å². The van der Waals surface area contributed by atoms with Crippen LogP contribution in [0.4, 0.5) is 0 Å². The number of fused-ring (bicyclic) bond motifs is 1. The van der Waals surface area contributed by atoms with Gasteiger partial charge in [0, 0.05) is 18.5 Å². The van der Waals surface area contributed by atoms with Crippen molar-refractivity contribution in [2.24, 2.45) is 0 Å². The predicted molar refractivity (Wildman–Crippen MR) is 55.4 cm³/mol. The predicted octanol–water partition coefficient (Wildman–Crippen LogP) is 1.11. The third-order valence-corrected chi connectivity index (χ3v) is 2.88. The topological polar surface area (TPSA) is 42.7 Å². The van der Waals surface area contributed by atoms with Gasteiger partial charge in [0.15, 0.2) is 0 Å². The van der Waals surface area contributed by atoms with Crippen molar-refractivity contribution < 1.29 is 0 Å². The van der Waals surface area contributed by atoms with Gasteiger partial charge in [0.25, 0.3) is 0 Å². The quantitative estimate of drug-likeness (QED) is 0.783. The number of likely N-dealkylation sites (N-methyl/N-ethyl adjacent to an activating group) is 1. The molecule has 0 fully saturated rings. The first-order chi connectivity index (χ1) is 6.74. The van der Waals surface area contributed by atoms with Crippen molar-refractivity contribution in [3.63, 3.8) is 0 Å². The van der Waals surface area contributed by atoms with E-state index in [1.54, 1.807) is 0 Å². The lowest BCUT2D eigenvalue weighted by Crippen LogP contribution is -2.15. The van der Waals surface area contributed by atoms with Crippen molar-refractivity contribution in [2.75, 3.05) is 13.6 Å². The SMILES string of the molecule is CNCC1CCc2c1nnn2C(C)C. The number of rotatable bonds is 3. The van der Waals surface area contributed by atoms with Crippen molar-refractivity contribution in [1.82, 2.24) is 20.3 Å². The molecule has 2 rings (SSSR count). The van der Waals surface area contributed by atoms with Crippen molar-refractivity contribution >= 4 is 0 Å².